The van der Waals surface area contributed by atoms with Crippen LogP contribution in [-0.4, -0.2) is 29.1 Å². The maximum atomic E-state index is 11.4. The third-order valence-electron chi connectivity index (χ3n) is 4.47. The molecule has 1 aromatic rings. The second-order valence-electron chi connectivity index (χ2n) is 6.35. The van der Waals surface area contributed by atoms with Gasteiger partial charge in [0.05, 0.1) is 15.5 Å². The number of nitrogens with zero attached hydrogens (tertiary/aromatic N) is 1. The standard InChI is InChI=1S/C16H21Cl2NO2/c1-16(2,15(20)21)12-4-3-7-19(10-12)9-11-5-6-13(17)14(18)8-11/h5-6,8,12H,3-4,7,9-10H2,1-2H3,(H,20,21). The molecule has 1 N–H and O–H groups in total. The highest BCUT2D eigenvalue weighted by Gasteiger charge is 2.38. The Kier molecular flexibility index (Phi) is 5.18. The zero-order valence-electron chi connectivity index (χ0n) is 12.4. The summed E-state index contributed by atoms with van der Waals surface area (Å²) in [6, 6.07) is 5.66. The Bertz CT molecular complexity index is 531. The van der Waals surface area contributed by atoms with E-state index in [9.17, 15) is 9.90 Å². The third-order valence-corrected chi connectivity index (χ3v) is 5.21. The van der Waals surface area contributed by atoms with Crippen molar-refractivity contribution in [2.75, 3.05) is 13.1 Å². The summed E-state index contributed by atoms with van der Waals surface area (Å²) in [7, 11) is 0. The predicted octanol–water partition coefficient (Wildman–Crippen LogP) is 4.32. The highest BCUT2D eigenvalue weighted by Crippen LogP contribution is 2.34. The summed E-state index contributed by atoms with van der Waals surface area (Å²) in [5, 5.41) is 10.5. The monoisotopic (exact) mass is 329 g/mol. The van der Waals surface area contributed by atoms with Crippen LogP contribution in [0.5, 0.6) is 0 Å². The number of halogens is 2. The number of benzene rings is 1. The number of aliphatic carboxylic acids is 1. The van der Waals surface area contributed by atoms with Crippen molar-refractivity contribution in [1.29, 1.82) is 0 Å². The summed E-state index contributed by atoms with van der Waals surface area (Å²) in [5.74, 6) is -0.546. The number of carbonyl (C=O) groups is 1. The molecule has 116 valence electrons. The van der Waals surface area contributed by atoms with E-state index in [1.54, 1.807) is 0 Å². The molecule has 1 atom stereocenters. The normalized spacial score (nSPS) is 20.5. The van der Waals surface area contributed by atoms with Crippen molar-refractivity contribution in [2.24, 2.45) is 11.3 Å². The fourth-order valence-electron chi connectivity index (χ4n) is 2.86. The van der Waals surface area contributed by atoms with Crippen LogP contribution in [0, 0.1) is 11.3 Å². The lowest BCUT2D eigenvalue weighted by Gasteiger charge is -2.39. The number of hydrogen-bond acceptors (Lipinski definition) is 2. The first-order valence-corrected chi connectivity index (χ1v) is 7.96. The second-order valence-corrected chi connectivity index (χ2v) is 7.16. The van der Waals surface area contributed by atoms with Crippen LogP contribution in [0.2, 0.25) is 10.0 Å². The van der Waals surface area contributed by atoms with Gasteiger partial charge in [-0.25, -0.2) is 0 Å². The minimum absolute atomic E-state index is 0.173. The van der Waals surface area contributed by atoms with Crippen LogP contribution in [0.1, 0.15) is 32.3 Å². The van der Waals surface area contributed by atoms with Gasteiger partial charge in [0.25, 0.3) is 0 Å². The minimum Gasteiger partial charge on any atom is -0.481 e. The van der Waals surface area contributed by atoms with Gasteiger partial charge in [0.15, 0.2) is 0 Å². The Morgan fingerprint density at radius 3 is 2.71 bits per heavy atom. The number of carboxylic acids is 1. The van der Waals surface area contributed by atoms with Crippen molar-refractivity contribution in [2.45, 2.75) is 33.2 Å². The highest BCUT2D eigenvalue weighted by atomic mass is 35.5. The summed E-state index contributed by atoms with van der Waals surface area (Å²) < 4.78 is 0. The Balaban J connectivity index is 2.04. The molecule has 21 heavy (non-hydrogen) atoms. The van der Waals surface area contributed by atoms with Gasteiger partial charge in [-0.05, 0) is 56.8 Å². The van der Waals surface area contributed by atoms with Gasteiger partial charge in [-0.1, -0.05) is 29.3 Å². The quantitative estimate of drug-likeness (QED) is 0.894. The number of piperidine rings is 1. The van der Waals surface area contributed by atoms with Gasteiger partial charge >= 0.3 is 5.97 Å². The van der Waals surface area contributed by atoms with Crippen molar-refractivity contribution in [3.05, 3.63) is 33.8 Å². The molecule has 3 nitrogen and oxygen atoms in total. The first-order chi connectivity index (χ1) is 9.80. The molecule has 0 amide bonds. The Morgan fingerprint density at radius 1 is 1.38 bits per heavy atom. The van der Waals surface area contributed by atoms with Crippen LogP contribution in [-0.2, 0) is 11.3 Å². The predicted molar refractivity (Wildman–Crippen MR) is 85.9 cm³/mol. The number of likely N-dealkylation sites (tertiary alicyclic amines) is 1. The van der Waals surface area contributed by atoms with Crippen LogP contribution in [0.4, 0.5) is 0 Å². The molecule has 1 heterocycles. The van der Waals surface area contributed by atoms with Crippen molar-refractivity contribution < 1.29 is 9.90 Å². The average Bonchev–Trinajstić information content (AvgIpc) is 2.43. The molecule has 2 rings (SSSR count). The molecule has 5 heteroatoms. The van der Waals surface area contributed by atoms with E-state index in [-0.39, 0.29) is 5.92 Å². The Labute approximate surface area is 135 Å². The van der Waals surface area contributed by atoms with Crippen LogP contribution in [0.25, 0.3) is 0 Å². The van der Waals surface area contributed by atoms with Crippen LogP contribution in [0.3, 0.4) is 0 Å². The van der Waals surface area contributed by atoms with E-state index in [1.165, 1.54) is 0 Å². The van der Waals surface area contributed by atoms with Gasteiger partial charge in [0.1, 0.15) is 0 Å². The van der Waals surface area contributed by atoms with Gasteiger partial charge in [-0.2, -0.15) is 0 Å². The van der Waals surface area contributed by atoms with Gasteiger partial charge in [0.2, 0.25) is 0 Å². The molecule has 1 aliphatic rings. The lowest BCUT2D eigenvalue weighted by Crippen LogP contribution is -2.44. The van der Waals surface area contributed by atoms with Gasteiger partial charge < -0.3 is 5.11 Å². The summed E-state index contributed by atoms with van der Waals surface area (Å²) in [6.07, 6.45) is 2.00. The van der Waals surface area contributed by atoms with Crippen molar-refractivity contribution in [3.8, 4) is 0 Å². The maximum Gasteiger partial charge on any atom is 0.309 e. The number of rotatable bonds is 4. The van der Waals surface area contributed by atoms with Crippen LogP contribution < -0.4 is 0 Å². The van der Waals surface area contributed by atoms with E-state index in [0.717, 1.165) is 38.0 Å². The minimum atomic E-state index is -0.719. The first-order valence-electron chi connectivity index (χ1n) is 7.20. The topological polar surface area (TPSA) is 40.5 Å². The van der Waals surface area contributed by atoms with Crippen molar-refractivity contribution in [1.82, 2.24) is 4.90 Å². The SMILES string of the molecule is CC(C)(C(=O)O)C1CCCN(Cc2ccc(Cl)c(Cl)c2)C1. The lowest BCUT2D eigenvalue weighted by molar-refractivity contribution is -0.151. The first kappa shape index (κ1) is 16.6. The summed E-state index contributed by atoms with van der Waals surface area (Å²) in [5.41, 5.74) is 0.425. The maximum absolute atomic E-state index is 11.4. The average molecular weight is 330 g/mol. The van der Waals surface area contributed by atoms with E-state index in [0.29, 0.717) is 10.0 Å². The summed E-state index contributed by atoms with van der Waals surface area (Å²) >= 11 is 12.0. The largest absolute Gasteiger partial charge is 0.481 e. The zero-order valence-corrected chi connectivity index (χ0v) is 13.9. The van der Waals surface area contributed by atoms with E-state index in [2.05, 4.69) is 4.90 Å². The second kappa shape index (κ2) is 6.55. The van der Waals surface area contributed by atoms with Crippen molar-refractivity contribution in [3.63, 3.8) is 0 Å². The summed E-state index contributed by atoms with van der Waals surface area (Å²) in [4.78, 5) is 13.7. The molecule has 0 spiro atoms. The molecule has 0 saturated carbocycles. The Hall–Kier alpha value is -0.770. The molecule has 1 aliphatic heterocycles. The number of hydrogen-bond donors (Lipinski definition) is 1. The van der Waals surface area contributed by atoms with E-state index < -0.39 is 11.4 Å². The van der Waals surface area contributed by atoms with Crippen molar-refractivity contribution >= 4 is 29.2 Å². The fourth-order valence-corrected chi connectivity index (χ4v) is 3.18. The third kappa shape index (κ3) is 3.91. The number of carboxylic acid groups (broad SMARTS) is 1. The summed E-state index contributed by atoms with van der Waals surface area (Å²) in [6.45, 7) is 6.22. The molecular weight excluding hydrogens is 309 g/mol. The van der Waals surface area contributed by atoms with Gasteiger partial charge in [-0.3, -0.25) is 9.69 Å². The lowest BCUT2D eigenvalue weighted by atomic mass is 9.74. The highest BCUT2D eigenvalue weighted by molar-refractivity contribution is 6.42. The Morgan fingerprint density at radius 2 is 2.10 bits per heavy atom. The molecule has 1 aromatic carbocycles. The van der Waals surface area contributed by atoms with Crippen LogP contribution >= 0.6 is 23.2 Å². The van der Waals surface area contributed by atoms with E-state index in [1.807, 2.05) is 32.0 Å². The van der Waals surface area contributed by atoms with Gasteiger partial charge in [-0.15, -0.1) is 0 Å². The van der Waals surface area contributed by atoms with Crippen LogP contribution in [0.15, 0.2) is 18.2 Å². The van der Waals surface area contributed by atoms with Gasteiger partial charge in [0, 0.05) is 13.1 Å². The molecule has 1 fully saturated rings. The molecule has 0 bridgehead atoms. The molecule has 0 radical (unpaired) electrons. The molecular formula is C16H21Cl2NO2. The molecule has 1 unspecified atom stereocenters. The van der Waals surface area contributed by atoms with E-state index in [4.69, 9.17) is 23.2 Å². The zero-order chi connectivity index (χ0) is 15.6. The molecule has 1 saturated heterocycles. The molecule has 0 aromatic heterocycles. The van der Waals surface area contributed by atoms with E-state index >= 15 is 0 Å². The molecule has 0 aliphatic carbocycles. The fraction of sp³-hybridized carbons (Fsp3) is 0.562. The smallest absolute Gasteiger partial charge is 0.309 e.